The number of thiophene rings is 1. The number of aromatic nitrogens is 1. The van der Waals surface area contributed by atoms with Crippen LogP contribution in [0.25, 0.3) is 10.2 Å². The van der Waals surface area contributed by atoms with Gasteiger partial charge in [-0.3, -0.25) is 0 Å². The third-order valence-corrected chi connectivity index (χ3v) is 4.96. The molecule has 1 aliphatic carbocycles. The topological polar surface area (TPSA) is 55.1 Å². The fraction of sp³-hybridized carbons (Fsp3) is 0.250. The van der Waals surface area contributed by atoms with E-state index in [0.717, 1.165) is 35.3 Å². The molecule has 2 heterocycles. The van der Waals surface area contributed by atoms with Crippen LogP contribution in [-0.2, 0) is 12.8 Å². The van der Waals surface area contributed by atoms with Gasteiger partial charge in [-0.05, 0) is 43.4 Å². The van der Waals surface area contributed by atoms with E-state index in [1.54, 1.807) is 11.3 Å². The van der Waals surface area contributed by atoms with Crippen molar-refractivity contribution in [1.29, 1.82) is 0 Å². The Hall–Kier alpha value is -2.14. The maximum absolute atomic E-state index is 12.3. The number of nitrogens with one attached hydrogen (secondary N) is 1. The Morgan fingerprint density at radius 2 is 1.95 bits per heavy atom. The highest BCUT2D eigenvalue weighted by atomic mass is 32.1. The lowest BCUT2D eigenvalue weighted by atomic mass is 9.97. The highest BCUT2D eigenvalue weighted by Crippen LogP contribution is 2.34. The van der Waals surface area contributed by atoms with Gasteiger partial charge in [-0.15, -0.1) is 11.3 Å². The molecule has 0 unspecified atom stereocenters. The molecule has 0 saturated carbocycles. The molecule has 0 radical (unpaired) electrons. The van der Waals surface area contributed by atoms with Crippen molar-refractivity contribution in [3.63, 3.8) is 0 Å². The van der Waals surface area contributed by atoms with Crippen LogP contribution in [-0.4, -0.2) is 4.98 Å². The van der Waals surface area contributed by atoms with Crippen molar-refractivity contribution < 1.29 is 4.42 Å². The maximum Gasteiger partial charge on any atom is 0.349 e. The van der Waals surface area contributed by atoms with Crippen molar-refractivity contribution >= 4 is 33.3 Å². The van der Waals surface area contributed by atoms with E-state index in [0.29, 0.717) is 5.39 Å². The average Bonchev–Trinajstić information content (AvgIpc) is 2.87. The Morgan fingerprint density at radius 3 is 2.81 bits per heavy atom. The molecular formula is C16H14N2O2S. The van der Waals surface area contributed by atoms with Gasteiger partial charge in [0.25, 0.3) is 0 Å². The monoisotopic (exact) mass is 298 g/mol. The predicted molar refractivity (Wildman–Crippen MR) is 84.5 cm³/mol. The molecule has 3 aromatic rings. The van der Waals surface area contributed by atoms with Crippen LogP contribution < -0.4 is 10.9 Å². The van der Waals surface area contributed by atoms with Crippen molar-refractivity contribution in [1.82, 2.24) is 4.98 Å². The molecule has 0 aliphatic heterocycles. The van der Waals surface area contributed by atoms with Crippen LogP contribution in [0.2, 0.25) is 0 Å². The molecule has 0 saturated heterocycles. The van der Waals surface area contributed by atoms with Gasteiger partial charge < -0.3 is 9.73 Å². The van der Waals surface area contributed by atoms with Gasteiger partial charge in [0.1, 0.15) is 10.2 Å². The largest absolute Gasteiger partial charge is 0.388 e. The molecule has 0 bridgehead atoms. The number of hydrogen-bond donors (Lipinski definition) is 1. The van der Waals surface area contributed by atoms with Gasteiger partial charge in [-0.25, -0.2) is 4.79 Å². The SMILES string of the molecule is O=c1oc(Nc2ccccc2)nc2sc3c(c12)CCCC3. The highest BCUT2D eigenvalue weighted by Gasteiger charge is 2.20. The van der Waals surface area contributed by atoms with E-state index in [1.165, 1.54) is 11.3 Å². The Labute approximate surface area is 125 Å². The molecule has 5 heteroatoms. The number of rotatable bonds is 2. The van der Waals surface area contributed by atoms with Crippen LogP contribution in [0.1, 0.15) is 23.3 Å². The molecule has 0 fully saturated rings. The molecule has 4 nitrogen and oxygen atoms in total. The molecule has 1 aliphatic rings. The minimum atomic E-state index is -0.280. The van der Waals surface area contributed by atoms with E-state index < -0.39 is 0 Å². The van der Waals surface area contributed by atoms with Gasteiger partial charge in [0.2, 0.25) is 0 Å². The van der Waals surface area contributed by atoms with E-state index in [2.05, 4.69) is 10.3 Å². The summed E-state index contributed by atoms with van der Waals surface area (Å²) in [4.78, 5) is 18.8. The molecule has 1 aromatic carbocycles. The van der Waals surface area contributed by atoms with Gasteiger partial charge in [-0.2, -0.15) is 4.98 Å². The highest BCUT2D eigenvalue weighted by molar-refractivity contribution is 7.18. The summed E-state index contributed by atoms with van der Waals surface area (Å²) in [5, 5.41) is 3.73. The Kier molecular flexibility index (Phi) is 3.00. The zero-order valence-electron chi connectivity index (χ0n) is 11.4. The van der Waals surface area contributed by atoms with Gasteiger partial charge in [-0.1, -0.05) is 18.2 Å². The zero-order chi connectivity index (χ0) is 14.2. The first-order chi connectivity index (χ1) is 10.3. The van der Waals surface area contributed by atoms with Crippen molar-refractivity contribution in [3.05, 3.63) is 51.2 Å². The summed E-state index contributed by atoms with van der Waals surface area (Å²) in [7, 11) is 0. The summed E-state index contributed by atoms with van der Waals surface area (Å²) in [5.74, 6) is 0. The van der Waals surface area contributed by atoms with Gasteiger partial charge >= 0.3 is 11.6 Å². The second-order valence-electron chi connectivity index (χ2n) is 5.19. The second-order valence-corrected chi connectivity index (χ2v) is 6.27. The quantitative estimate of drug-likeness (QED) is 0.780. The van der Waals surface area contributed by atoms with E-state index >= 15 is 0 Å². The molecule has 106 valence electrons. The first kappa shape index (κ1) is 12.6. The zero-order valence-corrected chi connectivity index (χ0v) is 12.2. The smallest absolute Gasteiger partial charge is 0.349 e. The summed E-state index contributed by atoms with van der Waals surface area (Å²) in [5.41, 5.74) is 1.74. The molecule has 2 aromatic heterocycles. The lowest BCUT2D eigenvalue weighted by Gasteiger charge is -2.09. The number of hydrogen-bond acceptors (Lipinski definition) is 5. The van der Waals surface area contributed by atoms with Gasteiger partial charge in [0.15, 0.2) is 0 Å². The standard InChI is InChI=1S/C16H14N2O2S/c19-15-13-11-8-4-5-9-12(11)21-14(13)18-16(20-15)17-10-6-2-1-3-7-10/h1-3,6-7H,4-5,8-9H2,(H,17,18). The Balaban J connectivity index is 1.81. The number of aryl methyl sites for hydroxylation is 2. The lowest BCUT2D eigenvalue weighted by molar-refractivity contribution is 0.521. The molecule has 4 rings (SSSR count). The first-order valence-electron chi connectivity index (χ1n) is 7.09. The minimum Gasteiger partial charge on any atom is -0.388 e. The second kappa shape index (κ2) is 5.00. The first-order valence-corrected chi connectivity index (χ1v) is 7.90. The number of benzene rings is 1. The van der Waals surface area contributed by atoms with Crippen LogP contribution >= 0.6 is 11.3 Å². The molecule has 0 amide bonds. The van der Waals surface area contributed by atoms with Crippen LogP contribution in [0, 0.1) is 0 Å². The minimum absolute atomic E-state index is 0.261. The molecule has 1 N–H and O–H groups in total. The molecule has 0 spiro atoms. The molecule has 0 atom stereocenters. The predicted octanol–water partition coefficient (Wildman–Crippen LogP) is 3.87. The van der Waals surface area contributed by atoms with Crippen molar-refractivity contribution in [2.24, 2.45) is 0 Å². The van der Waals surface area contributed by atoms with Crippen LogP contribution in [0.4, 0.5) is 11.7 Å². The molecule has 21 heavy (non-hydrogen) atoms. The van der Waals surface area contributed by atoms with Crippen LogP contribution in [0.5, 0.6) is 0 Å². The Bertz CT molecular complexity index is 852. The third-order valence-electron chi connectivity index (χ3n) is 3.77. The average molecular weight is 298 g/mol. The van der Waals surface area contributed by atoms with E-state index in [4.69, 9.17) is 4.42 Å². The number of anilines is 2. The summed E-state index contributed by atoms with van der Waals surface area (Å²) in [6.07, 6.45) is 4.35. The fourth-order valence-electron chi connectivity index (χ4n) is 2.79. The number of para-hydroxylation sites is 1. The number of nitrogens with zero attached hydrogens (tertiary/aromatic N) is 1. The third kappa shape index (κ3) is 2.23. The fourth-order valence-corrected chi connectivity index (χ4v) is 4.04. The number of fused-ring (bicyclic) bond motifs is 3. The van der Waals surface area contributed by atoms with E-state index in [-0.39, 0.29) is 11.6 Å². The van der Waals surface area contributed by atoms with Crippen molar-refractivity contribution in [2.45, 2.75) is 25.7 Å². The van der Waals surface area contributed by atoms with Crippen LogP contribution in [0.3, 0.4) is 0 Å². The summed E-state index contributed by atoms with van der Waals surface area (Å²) < 4.78 is 5.35. The lowest BCUT2D eigenvalue weighted by Crippen LogP contribution is -2.07. The van der Waals surface area contributed by atoms with Gasteiger partial charge in [0.05, 0.1) is 0 Å². The van der Waals surface area contributed by atoms with E-state index in [9.17, 15) is 4.79 Å². The van der Waals surface area contributed by atoms with Crippen molar-refractivity contribution in [3.8, 4) is 0 Å². The normalized spacial score (nSPS) is 14.1. The Morgan fingerprint density at radius 1 is 1.14 bits per heavy atom. The summed E-state index contributed by atoms with van der Waals surface area (Å²) >= 11 is 1.63. The summed E-state index contributed by atoms with van der Waals surface area (Å²) in [6.45, 7) is 0. The molecular weight excluding hydrogens is 284 g/mol. The van der Waals surface area contributed by atoms with E-state index in [1.807, 2.05) is 30.3 Å². The van der Waals surface area contributed by atoms with Crippen molar-refractivity contribution in [2.75, 3.05) is 5.32 Å². The van der Waals surface area contributed by atoms with Crippen LogP contribution in [0.15, 0.2) is 39.5 Å². The maximum atomic E-state index is 12.3. The van der Waals surface area contributed by atoms with Gasteiger partial charge in [0, 0.05) is 10.6 Å². The summed E-state index contributed by atoms with van der Waals surface area (Å²) in [6, 6.07) is 9.85.